The van der Waals surface area contributed by atoms with Gasteiger partial charge in [-0.15, -0.1) is 0 Å². The van der Waals surface area contributed by atoms with E-state index in [1.807, 2.05) is 6.07 Å². The van der Waals surface area contributed by atoms with E-state index in [-0.39, 0.29) is 6.61 Å². The third-order valence-electron chi connectivity index (χ3n) is 2.39. The van der Waals surface area contributed by atoms with Gasteiger partial charge in [-0.1, -0.05) is 18.2 Å². The summed E-state index contributed by atoms with van der Waals surface area (Å²) in [5.74, 6) is -0.449. The molecular formula is C13H18O4. The van der Waals surface area contributed by atoms with Crippen LogP contribution >= 0.6 is 0 Å². The molecule has 4 nitrogen and oxygen atoms in total. The van der Waals surface area contributed by atoms with Crippen LogP contribution in [0.2, 0.25) is 0 Å². The van der Waals surface area contributed by atoms with Crippen molar-refractivity contribution in [3.8, 4) is 0 Å². The van der Waals surface area contributed by atoms with Crippen molar-refractivity contribution in [2.45, 2.75) is 32.0 Å². The zero-order valence-corrected chi connectivity index (χ0v) is 9.87. The highest BCUT2D eigenvalue weighted by Crippen LogP contribution is 2.09. The minimum Gasteiger partial charge on any atom is -0.456 e. The number of hydrogen-bond acceptors (Lipinski definition) is 4. The van der Waals surface area contributed by atoms with Crippen LogP contribution in [-0.2, 0) is 4.74 Å². The van der Waals surface area contributed by atoms with Crippen LogP contribution in [0.4, 0.5) is 0 Å². The molecule has 0 fully saturated rings. The van der Waals surface area contributed by atoms with E-state index in [4.69, 9.17) is 14.9 Å². The number of hydrogen-bond donors (Lipinski definition) is 2. The lowest BCUT2D eigenvalue weighted by Gasteiger charge is -2.16. The lowest BCUT2D eigenvalue weighted by Crippen LogP contribution is -2.23. The van der Waals surface area contributed by atoms with Crippen LogP contribution < -0.4 is 0 Å². The summed E-state index contributed by atoms with van der Waals surface area (Å²) in [6.07, 6.45) is -0.0724. The maximum Gasteiger partial charge on any atom is 0.338 e. The predicted molar refractivity (Wildman–Crippen MR) is 63.6 cm³/mol. The molecule has 0 aromatic heterocycles. The summed E-state index contributed by atoms with van der Waals surface area (Å²) in [4.78, 5) is 11.7. The number of aliphatic hydroxyl groups excluding tert-OH is 2. The number of benzene rings is 1. The van der Waals surface area contributed by atoms with Crippen LogP contribution in [0.5, 0.6) is 0 Å². The number of carbonyl (C=O) groups excluding carboxylic acids is 1. The lowest BCUT2D eigenvalue weighted by atomic mass is 10.1. The average Bonchev–Trinajstić information content (AvgIpc) is 2.35. The molecule has 0 heterocycles. The van der Waals surface area contributed by atoms with Crippen LogP contribution in [0.1, 0.15) is 30.1 Å². The Morgan fingerprint density at radius 3 is 2.47 bits per heavy atom. The zero-order chi connectivity index (χ0) is 12.7. The fourth-order valence-corrected chi connectivity index (χ4v) is 1.41. The molecule has 0 saturated carbocycles. The van der Waals surface area contributed by atoms with E-state index in [0.29, 0.717) is 18.4 Å². The summed E-state index contributed by atoms with van der Waals surface area (Å²) >= 11 is 0. The summed E-state index contributed by atoms with van der Waals surface area (Å²) in [5, 5.41) is 18.2. The van der Waals surface area contributed by atoms with Crippen LogP contribution in [0.25, 0.3) is 0 Å². The third kappa shape index (κ3) is 4.97. The van der Waals surface area contributed by atoms with Crippen LogP contribution in [0.15, 0.2) is 30.3 Å². The fourth-order valence-electron chi connectivity index (χ4n) is 1.41. The Balaban J connectivity index is 2.48. The minimum atomic E-state index is -0.558. The summed E-state index contributed by atoms with van der Waals surface area (Å²) in [5.41, 5.74) is 0.461. The largest absolute Gasteiger partial charge is 0.456 e. The molecular weight excluding hydrogens is 220 g/mol. The van der Waals surface area contributed by atoms with Crippen molar-refractivity contribution in [1.29, 1.82) is 0 Å². The third-order valence-corrected chi connectivity index (χ3v) is 2.39. The van der Waals surface area contributed by atoms with Gasteiger partial charge in [0.05, 0.1) is 18.3 Å². The fraction of sp³-hybridized carbons (Fsp3) is 0.462. The lowest BCUT2D eigenvalue weighted by molar-refractivity contribution is 0.00718. The monoisotopic (exact) mass is 238 g/mol. The summed E-state index contributed by atoms with van der Waals surface area (Å²) in [7, 11) is 0. The number of rotatable bonds is 6. The van der Waals surface area contributed by atoms with Gasteiger partial charge in [0.15, 0.2) is 0 Å². The second-order valence-electron chi connectivity index (χ2n) is 4.00. The molecule has 94 valence electrons. The molecule has 0 amide bonds. The maximum atomic E-state index is 11.7. The Labute approximate surface area is 101 Å². The molecule has 2 N–H and O–H groups in total. The van der Waals surface area contributed by atoms with Crippen molar-refractivity contribution in [3.05, 3.63) is 35.9 Å². The molecule has 0 spiro atoms. The van der Waals surface area contributed by atoms with E-state index in [0.717, 1.165) is 0 Å². The first kappa shape index (κ1) is 13.7. The molecule has 2 atom stereocenters. The molecule has 4 heteroatoms. The maximum absolute atomic E-state index is 11.7. The Hall–Kier alpha value is -1.39. The van der Waals surface area contributed by atoms with Crippen LogP contribution in [-0.4, -0.2) is 35.0 Å². The minimum absolute atomic E-state index is 0.231. The molecule has 1 aromatic rings. The van der Waals surface area contributed by atoms with E-state index < -0.39 is 18.2 Å². The van der Waals surface area contributed by atoms with Crippen molar-refractivity contribution in [1.82, 2.24) is 0 Å². The van der Waals surface area contributed by atoms with E-state index in [1.165, 1.54) is 0 Å². The number of aliphatic hydroxyl groups is 2. The quantitative estimate of drug-likeness (QED) is 0.734. The smallest absolute Gasteiger partial charge is 0.338 e. The van der Waals surface area contributed by atoms with E-state index in [9.17, 15) is 4.79 Å². The molecule has 0 aliphatic heterocycles. The van der Waals surface area contributed by atoms with Gasteiger partial charge in [-0.05, 0) is 31.9 Å². The number of ether oxygens (including phenoxy) is 1. The van der Waals surface area contributed by atoms with Crippen LogP contribution in [0, 0.1) is 0 Å². The van der Waals surface area contributed by atoms with Gasteiger partial charge in [0.1, 0.15) is 6.10 Å². The highest BCUT2D eigenvalue weighted by atomic mass is 16.6. The van der Waals surface area contributed by atoms with Gasteiger partial charge in [0.2, 0.25) is 0 Å². The van der Waals surface area contributed by atoms with Crippen LogP contribution in [0.3, 0.4) is 0 Å². The highest BCUT2D eigenvalue weighted by Gasteiger charge is 2.15. The van der Waals surface area contributed by atoms with E-state index in [2.05, 4.69) is 0 Å². The first-order valence-electron chi connectivity index (χ1n) is 5.68. The second-order valence-corrected chi connectivity index (χ2v) is 4.00. The summed E-state index contributed by atoms with van der Waals surface area (Å²) in [6.45, 7) is 1.43. The number of carbonyl (C=O) groups is 1. The van der Waals surface area contributed by atoms with Crippen molar-refractivity contribution in [2.75, 3.05) is 6.61 Å². The molecule has 1 rings (SSSR count). The SMILES string of the molecule is C[C@H](O)CC[C@H](CO)OC(=O)c1ccccc1. The number of esters is 1. The van der Waals surface area contributed by atoms with Crippen molar-refractivity contribution >= 4 is 5.97 Å². The van der Waals surface area contributed by atoms with Gasteiger partial charge in [0.25, 0.3) is 0 Å². The molecule has 1 aromatic carbocycles. The second kappa shape index (κ2) is 7.04. The first-order valence-corrected chi connectivity index (χ1v) is 5.68. The van der Waals surface area contributed by atoms with Gasteiger partial charge in [0, 0.05) is 0 Å². The van der Waals surface area contributed by atoms with Gasteiger partial charge in [-0.2, -0.15) is 0 Å². The normalized spacial score (nSPS) is 14.1. The zero-order valence-electron chi connectivity index (χ0n) is 9.87. The summed E-state index contributed by atoms with van der Waals surface area (Å²) < 4.78 is 5.14. The Kier molecular flexibility index (Phi) is 5.66. The Morgan fingerprint density at radius 1 is 1.29 bits per heavy atom. The Morgan fingerprint density at radius 2 is 1.94 bits per heavy atom. The molecule has 0 unspecified atom stereocenters. The first-order chi connectivity index (χ1) is 8.13. The Bertz CT molecular complexity index is 335. The topological polar surface area (TPSA) is 66.8 Å². The molecule has 17 heavy (non-hydrogen) atoms. The molecule has 0 aliphatic rings. The van der Waals surface area contributed by atoms with Crippen molar-refractivity contribution in [3.63, 3.8) is 0 Å². The van der Waals surface area contributed by atoms with Gasteiger partial charge in [-0.3, -0.25) is 0 Å². The van der Waals surface area contributed by atoms with E-state index >= 15 is 0 Å². The van der Waals surface area contributed by atoms with Gasteiger partial charge < -0.3 is 14.9 Å². The molecule has 0 saturated heterocycles. The average molecular weight is 238 g/mol. The van der Waals surface area contributed by atoms with Gasteiger partial charge >= 0.3 is 5.97 Å². The standard InChI is InChI=1S/C13H18O4/c1-10(15)7-8-12(9-14)17-13(16)11-5-3-2-4-6-11/h2-6,10,12,14-15H,7-9H2,1H3/t10-,12+/m0/s1. The summed E-state index contributed by atoms with van der Waals surface area (Å²) in [6, 6.07) is 8.63. The van der Waals surface area contributed by atoms with Gasteiger partial charge in [-0.25, -0.2) is 4.79 Å². The molecule has 0 aliphatic carbocycles. The van der Waals surface area contributed by atoms with Crippen molar-refractivity contribution < 1.29 is 19.7 Å². The molecule has 0 radical (unpaired) electrons. The highest BCUT2D eigenvalue weighted by molar-refractivity contribution is 5.89. The van der Waals surface area contributed by atoms with Crippen molar-refractivity contribution in [2.24, 2.45) is 0 Å². The molecule has 0 bridgehead atoms. The van der Waals surface area contributed by atoms with E-state index in [1.54, 1.807) is 31.2 Å². The predicted octanol–water partition coefficient (Wildman–Crippen LogP) is 1.37.